The molecular weight excluding hydrogens is 416 g/mol. The number of fused-ring (bicyclic) bond motifs is 1. The summed E-state index contributed by atoms with van der Waals surface area (Å²) in [5.41, 5.74) is 2.30. The van der Waals surface area contributed by atoms with Gasteiger partial charge in [0.1, 0.15) is 0 Å². The Morgan fingerprint density at radius 3 is 2.61 bits per heavy atom. The summed E-state index contributed by atoms with van der Waals surface area (Å²) in [7, 11) is -2.60. The first-order valence-electron chi connectivity index (χ1n) is 11.1. The van der Waals surface area contributed by atoms with Crippen molar-refractivity contribution in [3.63, 3.8) is 0 Å². The van der Waals surface area contributed by atoms with Gasteiger partial charge in [0.25, 0.3) is 0 Å². The largest absolute Gasteiger partial charge is 0.376 e. The molecule has 0 bridgehead atoms. The van der Waals surface area contributed by atoms with E-state index in [9.17, 15) is 8.42 Å². The van der Waals surface area contributed by atoms with E-state index in [2.05, 4.69) is 44.2 Å². The van der Waals surface area contributed by atoms with Gasteiger partial charge in [-0.2, -0.15) is 5.10 Å². The smallest absolute Gasteiger partial charge is 0.225 e. The minimum absolute atomic E-state index is 0.0363. The van der Waals surface area contributed by atoms with Crippen molar-refractivity contribution in [3.8, 4) is 0 Å². The molecule has 4 rings (SSSR count). The number of ether oxygens (including phenoxy) is 1. The van der Waals surface area contributed by atoms with Gasteiger partial charge in [-0.15, -0.1) is 0 Å². The first kappa shape index (κ1) is 22.2. The molecule has 2 aliphatic rings. The fraction of sp³-hybridized carbons (Fsp3) is 0.667. The molecule has 1 fully saturated rings. The molecule has 1 saturated heterocycles. The van der Waals surface area contributed by atoms with Gasteiger partial charge in [0.05, 0.1) is 24.4 Å². The molecule has 2 unspecified atom stereocenters. The average Bonchev–Trinajstić information content (AvgIpc) is 3.22. The van der Waals surface area contributed by atoms with Crippen molar-refractivity contribution < 1.29 is 13.2 Å². The zero-order valence-electron chi connectivity index (χ0n) is 18.2. The van der Waals surface area contributed by atoms with E-state index in [0.717, 1.165) is 50.4 Å². The Morgan fingerprint density at radius 2 is 1.94 bits per heavy atom. The molecule has 0 radical (unpaired) electrons. The molecule has 0 aromatic carbocycles. The Morgan fingerprint density at radius 1 is 1.19 bits per heavy atom. The highest BCUT2D eigenvalue weighted by Gasteiger charge is 2.32. The molecule has 0 spiro atoms. The lowest BCUT2D eigenvalue weighted by atomic mass is 9.90. The molecule has 2 aromatic heterocycles. The minimum Gasteiger partial charge on any atom is -0.376 e. The second kappa shape index (κ2) is 10.1. The Bertz CT molecular complexity index is 916. The van der Waals surface area contributed by atoms with Crippen LogP contribution in [0.15, 0.2) is 24.5 Å². The third kappa shape index (κ3) is 5.42. The van der Waals surface area contributed by atoms with Gasteiger partial charge in [0.15, 0.2) is 0 Å². The summed E-state index contributed by atoms with van der Waals surface area (Å²) in [6.07, 6.45) is 7.39. The summed E-state index contributed by atoms with van der Waals surface area (Å²) in [6, 6.07) is 4.05. The van der Waals surface area contributed by atoms with Gasteiger partial charge >= 0.3 is 0 Å². The van der Waals surface area contributed by atoms with E-state index < -0.39 is 10.9 Å². The van der Waals surface area contributed by atoms with Crippen molar-refractivity contribution in [2.24, 2.45) is 5.92 Å². The van der Waals surface area contributed by atoms with Crippen LogP contribution >= 0.6 is 0 Å². The van der Waals surface area contributed by atoms with E-state index in [1.807, 2.05) is 6.07 Å². The van der Waals surface area contributed by atoms with Crippen LogP contribution in [-0.2, 0) is 22.0 Å². The lowest BCUT2D eigenvalue weighted by Gasteiger charge is -2.36. The SMILES string of the molecule is CC(C)c1cc2n(n1)C(COC1CCN(c3ncccn3)CC1)C(CN[SH](=O)=O)CC2. The Kier molecular flexibility index (Phi) is 7.19. The summed E-state index contributed by atoms with van der Waals surface area (Å²) < 4.78 is 33.3. The summed E-state index contributed by atoms with van der Waals surface area (Å²) in [5.74, 6) is 1.29. The quantitative estimate of drug-likeness (QED) is 0.593. The molecule has 170 valence electrons. The number of aromatic nitrogens is 4. The maximum absolute atomic E-state index is 11.1. The van der Waals surface area contributed by atoms with E-state index in [1.54, 1.807) is 12.4 Å². The molecular formula is C21H32N6O3S. The Hall–Kier alpha value is -2.04. The van der Waals surface area contributed by atoms with E-state index in [-0.39, 0.29) is 18.1 Å². The minimum atomic E-state index is -2.60. The van der Waals surface area contributed by atoms with Crippen LogP contribution in [0.1, 0.15) is 56.5 Å². The zero-order chi connectivity index (χ0) is 21.8. The van der Waals surface area contributed by atoms with Crippen molar-refractivity contribution >= 4 is 16.8 Å². The van der Waals surface area contributed by atoms with Crippen molar-refractivity contribution in [2.75, 3.05) is 31.1 Å². The number of aryl methyl sites for hydroxylation is 1. The number of anilines is 1. The van der Waals surface area contributed by atoms with Crippen molar-refractivity contribution in [3.05, 3.63) is 35.9 Å². The number of hydrogen-bond donors (Lipinski definition) is 2. The highest BCUT2D eigenvalue weighted by atomic mass is 32.2. The second-order valence-electron chi connectivity index (χ2n) is 8.71. The predicted molar refractivity (Wildman–Crippen MR) is 119 cm³/mol. The summed E-state index contributed by atoms with van der Waals surface area (Å²) >= 11 is 0. The van der Waals surface area contributed by atoms with E-state index in [1.165, 1.54) is 5.69 Å². The van der Waals surface area contributed by atoms with Crippen LogP contribution in [0.5, 0.6) is 0 Å². The highest BCUT2D eigenvalue weighted by Crippen LogP contribution is 2.32. The first-order valence-corrected chi connectivity index (χ1v) is 12.3. The summed E-state index contributed by atoms with van der Waals surface area (Å²) in [5, 5.41) is 4.86. The van der Waals surface area contributed by atoms with Crippen LogP contribution in [0.25, 0.3) is 0 Å². The number of thiol groups is 1. The zero-order valence-corrected chi connectivity index (χ0v) is 19.1. The van der Waals surface area contributed by atoms with Gasteiger partial charge in [-0.1, -0.05) is 13.8 Å². The monoisotopic (exact) mass is 448 g/mol. The average molecular weight is 449 g/mol. The van der Waals surface area contributed by atoms with Gasteiger partial charge in [-0.05, 0) is 49.7 Å². The van der Waals surface area contributed by atoms with Gasteiger partial charge in [-0.3, -0.25) is 4.68 Å². The highest BCUT2D eigenvalue weighted by molar-refractivity contribution is 7.70. The Labute approximate surface area is 185 Å². The maximum atomic E-state index is 11.1. The molecule has 1 N–H and O–H groups in total. The molecule has 10 heteroatoms. The van der Waals surface area contributed by atoms with Crippen LogP contribution in [0, 0.1) is 5.92 Å². The van der Waals surface area contributed by atoms with E-state index in [0.29, 0.717) is 19.1 Å². The van der Waals surface area contributed by atoms with Crippen LogP contribution in [-0.4, -0.2) is 60.5 Å². The molecule has 31 heavy (non-hydrogen) atoms. The van der Waals surface area contributed by atoms with Gasteiger partial charge in [0.2, 0.25) is 16.8 Å². The van der Waals surface area contributed by atoms with Crippen molar-refractivity contribution in [1.82, 2.24) is 24.5 Å². The molecule has 2 atom stereocenters. The fourth-order valence-electron chi connectivity index (χ4n) is 4.48. The number of hydrogen-bond acceptors (Lipinski definition) is 7. The van der Waals surface area contributed by atoms with Gasteiger partial charge in [0, 0.05) is 37.7 Å². The standard InChI is InChI=1S/C21H32N6O3S/c1-15(2)19-12-17-5-4-16(13-24-31(28)29)20(27(17)25-19)14-30-18-6-10-26(11-7-18)21-22-8-3-9-23-21/h3,8-9,12,15-16,18,20,31H,4-7,10-11,13-14H2,1-2H3,(H,24,28,29). The predicted octanol–water partition coefficient (Wildman–Crippen LogP) is 1.70. The maximum Gasteiger partial charge on any atom is 0.225 e. The molecule has 2 aliphatic heterocycles. The first-order chi connectivity index (χ1) is 15.0. The number of piperidine rings is 1. The lowest BCUT2D eigenvalue weighted by molar-refractivity contribution is -0.000899. The van der Waals surface area contributed by atoms with E-state index >= 15 is 0 Å². The number of nitrogens with zero attached hydrogens (tertiary/aromatic N) is 5. The van der Waals surface area contributed by atoms with E-state index in [4.69, 9.17) is 9.84 Å². The molecule has 0 saturated carbocycles. The lowest BCUT2D eigenvalue weighted by Crippen LogP contribution is -2.41. The molecule has 2 aromatic rings. The van der Waals surface area contributed by atoms with Crippen LogP contribution in [0.4, 0.5) is 5.95 Å². The fourth-order valence-corrected chi connectivity index (χ4v) is 4.87. The number of nitrogens with one attached hydrogen (secondary N) is 1. The van der Waals surface area contributed by atoms with Crippen LogP contribution in [0.2, 0.25) is 0 Å². The normalized spacial score (nSPS) is 22.3. The van der Waals surface area contributed by atoms with Gasteiger partial charge < -0.3 is 9.64 Å². The molecule has 0 aliphatic carbocycles. The third-order valence-electron chi connectivity index (χ3n) is 6.32. The summed E-state index contributed by atoms with van der Waals surface area (Å²) in [6.45, 7) is 6.99. The topological polar surface area (TPSA) is 102 Å². The van der Waals surface area contributed by atoms with Crippen LogP contribution < -0.4 is 9.62 Å². The number of rotatable bonds is 8. The molecule has 9 nitrogen and oxygen atoms in total. The summed E-state index contributed by atoms with van der Waals surface area (Å²) in [4.78, 5) is 10.9. The third-order valence-corrected chi connectivity index (χ3v) is 6.76. The van der Waals surface area contributed by atoms with Crippen molar-refractivity contribution in [2.45, 2.75) is 57.6 Å². The molecule has 0 amide bonds. The molecule has 4 heterocycles. The Balaban J connectivity index is 1.40. The van der Waals surface area contributed by atoms with Crippen molar-refractivity contribution in [1.29, 1.82) is 0 Å². The van der Waals surface area contributed by atoms with Gasteiger partial charge in [-0.25, -0.2) is 23.1 Å². The van der Waals surface area contributed by atoms with Crippen LogP contribution in [0.3, 0.4) is 0 Å². The second-order valence-corrected chi connectivity index (χ2v) is 9.54.